The zero-order valence-corrected chi connectivity index (χ0v) is 15.4. The molecular formula is C19H16Cl2N2S. The lowest BCUT2D eigenvalue weighted by Gasteiger charge is -2.26. The van der Waals surface area contributed by atoms with Crippen LogP contribution in [-0.2, 0) is 0 Å². The molecule has 0 aromatic heterocycles. The third kappa shape index (κ3) is 3.48. The number of hydrogen-bond acceptors (Lipinski definition) is 1. The average Bonchev–Trinajstić information content (AvgIpc) is 2.59. The first kappa shape index (κ1) is 17.0. The summed E-state index contributed by atoms with van der Waals surface area (Å²) < 4.78 is 0. The van der Waals surface area contributed by atoms with Gasteiger partial charge in [0.05, 0.1) is 16.4 Å². The summed E-state index contributed by atoms with van der Waals surface area (Å²) in [7, 11) is 0. The summed E-state index contributed by atoms with van der Waals surface area (Å²) in [6, 6.07) is 19.7. The molecule has 2 nitrogen and oxygen atoms in total. The zero-order chi connectivity index (χ0) is 17.1. The predicted octanol–water partition coefficient (Wildman–Crippen LogP) is 6.37. The van der Waals surface area contributed by atoms with Crippen LogP contribution in [0.15, 0.2) is 60.7 Å². The van der Waals surface area contributed by atoms with Gasteiger partial charge in [-0.3, -0.25) is 0 Å². The molecule has 3 aromatic rings. The van der Waals surface area contributed by atoms with Gasteiger partial charge in [0.1, 0.15) is 0 Å². The van der Waals surface area contributed by atoms with Gasteiger partial charge in [-0.05, 0) is 48.8 Å². The topological polar surface area (TPSA) is 15.3 Å². The Hall–Kier alpha value is -1.81. The van der Waals surface area contributed by atoms with Crippen LogP contribution >= 0.6 is 35.4 Å². The predicted molar refractivity (Wildman–Crippen MR) is 110 cm³/mol. The van der Waals surface area contributed by atoms with Gasteiger partial charge in [0.15, 0.2) is 5.11 Å². The van der Waals surface area contributed by atoms with Gasteiger partial charge in [0.2, 0.25) is 0 Å². The van der Waals surface area contributed by atoms with Crippen LogP contribution < -0.4 is 10.2 Å². The van der Waals surface area contributed by atoms with Gasteiger partial charge in [-0.15, -0.1) is 0 Å². The minimum Gasteiger partial charge on any atom is -0.331 e. The number of benzene rings is 3. The summed E-state index contributed by atoms with van der Waals surface area (Å²) in [5.41, 5.74) is 1.76. The van der Waals surface area contributed by atoms with E-state index < -0.39 is 0 Å². The van der Waals surface area contributed by atoms with E-state index in [1.165, 1.54) is 5.39 Å². The maximum atomic E-state index is 6.23. The highest BCUT2D eigenvalue weighted by Gasteiger charge is 2.14. The summed E-state index contributed by atoms with van der Waals surface area (Å²) in [4.78, 5) is 2.05. The summed E-state index contributed by atoms with van der Waals surface area (Å²) >= 11 is 17.9. The van der Waals surface area contributed by atoms with Crippen LogP contribution in [0.4, 0.5) is 11.4 Å². The number of nitrogens with zero attached hydrogens (tertiary/aromatic N) is 1. The fourth-order valence-corrected chi connectivity index (χ4v) is 3.32. The minimum absolute atomic E-state index is 0.579. The molecule has 0 heterocycles. The Morgan fingerprint density at radius 1 is 1.04 bits per heavy atom. The van der Waals surface area contributed by atoms with Crippen molar-refractivity contribution in [2.24, 2.45) is 0 Å². The lowest BCUT2D eigenvalue weighted by atomic mass is 10.1. The van der Waals surface area contributed by atoms with Crippen LogP contribution in [0, 0.1) is 0 Å². The van der Waals surface area contributed by atoms with Crippen molar-refractivity contribution in [3.63, 3.8) is 0 Å². The third-order valence-electron chi connectivity index (χ3n) is 3.79. The molecule has 0 spiro atoms. The van der Waals surface area contributed by atoms with E-state index in [2.05, 4.69) is 41.4 Å². The van der Waals surface area contributed by atoms with Crippen LogP contribution in [0.1, 0.15) is 6.92 Å². The number of hydrogen-bond donors (Lipinski definition) is 1. The Bertz CT molecular complexity index is 890. The molecule has 0 fully saturated rings. The summed E-state index contributed by atoms with van der Waals surface area (Å²) in [6.45, 7) is 2.80. The first-order chi connectivity index (χ1) is 11.6. The van der Waals surface area contributed by atoms with Crippen LogP contribution in [0.5, 0.6) is 0 Å². The Kier molecular flexibility index (Phi) is 5.24. The molecule has 5 heteroatoms. The third-order valence-corrected chi connectivity index (χ3v) is 4.68. The summed E-state index contributed by atoms with van der Waals surface area (Å²) in [5.74, 6) is 0. The fourth-order valence-electron chi connectivity index (χ4n) is 2.64. The van der Waals surface area contributed by atoms with Gasteiger partial charge >= 0.3 is 0 Å². The molecule has 0 amide bonds. The standard InChI is InChI=1S/C19H16Cl2N2S/c1-2-23(18-9-5-7-13-6-3-4-8-15(13)18)19(24)22-17-12-14(20)10-11-16(17)21/h3-12H,2H2,1H3,(H,22,24). The van der Waals surface area contributed by atoms with Gasteiger partial charge in [0.25, 0.3) is 0 Å². The molecule has 0 bridgehead atoms. The fraction of sp³-hybridized carbons (Fsp3) is 0.105. The monoisotopic (exact) mass is 374 g/mol. The van der Waals surface area contributed by atoms with E-state index >= 15 is 0 Å². The SMILES string of the molecule is CCN(C(=S)Nc1cc(Cl)ccc1Cl)c1cccc2ccccc12. The van der Waals surface area contributed by atoms with Gasteiger partial charge in [0, 0.05) is 17.0 Å². The lowest BCUT2D eigenvalue weighted by Crippen LogP contribution is -2.34. The normalized spacial score (nSPS) is 10.6. The van der Waals surface area contributed by atoms with Crippen LogP contribution in [0.25, 0.3) is 10.8 Å². The van der Waals surface area contributed by atoms with Crippen molar-refractivity contribution in [3.05, 3.63) is 70.7 Å². The van der Waals surface area contributed by atoms with Crippen molar-refractivity contribution >= 4 is 62.7 Å². The van der Waals surface area contributed by atoms with Gasteiger partial charge in [-0.1, -0.05) is 59.6 Å². The molecule has 0 aliphatic rings. The first-order valence-corrected chi connectivity index (χ1v) is 8.78. The largest absolute Gasteiger partial charge is 0.331 e. The van der Waals surface area contributed by atoms with E-state index in [4.69, 9.17) is 35.4 Å². The second kappa shape index (κ2) is 7.39. The molecule has 0 saturated heterocycles. The van der Waals surface area contributed by atoms with Gasteiger partial charge in [-0.2, -0.15) is 0 Å². The summed E-state index contributed by atoms with van der Waals surface area (Å²) in [5, 5.41) is 7.31. The maximum absolute atomic E-state index is 6.23. The molecule has 1 N–H and O–H groups in total. The van der Waals surface area contributed by atoms with Gasteiger partial charge < -0.3 is 10.2 Å². The van der Waals surface area contributed by atoms with E-state index in [1.54, 1.807) is 18.2 Å². The quantitative estimate of drug-likeness (QED) is 0.536. The number of halogens is 2. The van der Waals surface area contributed by atoms with E-state index in [0.717, 1.165) is 17.6 Å². The molecule has 0 unspecified atom stereocenters. The number of fused-ring (bicyclic) bond motifs is 1. The van der Waals surface area contributed by atoms with Crippen LogP contribution in [-0.4, -0.2) is 11.7 Å². The van der Waals surface area contributed by atoms with E-state index in [-0.39, 0.29) is 0 Å². The van der Waals surface area contributed by atoms with Crippen molar-refractivity contribution in [2.75, 3.05) is 16.8 Å². The molecule has 3 rings (SSSR count). The Morgan fingerprint density at radius 2 is 1.79 bits per heavy atom. The van der Waals surface area contributed by atoms with E-state index in [1.807, 2.05) is 18.2 Å². The van der Waals surface area contributed by atoms with Crippen molar-refractivity contribution in [1.29, 1.82) is 0 Å². The molecule has 3 aromatic carbocycles. The first-order valence-electron chi connectivity index (χ1n) is 7.61. The Labute approximate surface area is 157 Å². The Balaban J connectivity index is 1.96. The van der Waals surface area contributed by atoms with Crippen molar-refractivity contribution in [3.8, 4) is 0 Å². The van der Waals surface area contributed by atoms with Crippen LogP contribution in [0.2, 0.25) is 10.0 Å². The van der Waals surface area contributed by atoms with Crippen molar-refractivity contribution in [2.45, 2.75) is 6.92 Å². The highest BCUT2D eigenvalue weighted by molar-refractivity contribution is 7.80. The highest BCUT2D eigenvalue weighted by Crippen LogP contribution is 2.29. The number of anilines is 2. The molecule has 0 radical (unpaired) electrons. The zero-order valence-electron chi connectivity index (χ0n) is 13.1. The molecule has 122 valence electrons. The number of rotatable bonds is 3. The molecule has 0 saturated carbocycles. The molecule has 24 heavy (non-hydrogen) atoms. The van der Waals surface area contributed by atoms with Gasteiger partial charge in [-0.25, -0.2) is 0 Å². The van der Waals surface area contributed by atoms with Crippen molar-refractivity contribution < 1.29 is 0 Å². The molecule has 0 aliphatic heterocycles. The molecule has 0 aliphatic carbocycles. The Morgan fingerprint density at radius 3 is 2.58 bits per heavy atom. The smallest absolute Gasteiger partial charge is 0.177 e. The second-order valence-corrected chi connectivity index (χ2v) is 6.53. The maximum Gasteiger partial charge on any atom is 0.177 e. The average molecular weight is 375 g/mol. The second-order valence-electron chi connectivity index (χ2n) is 5.30. The molecule has 0 atom stereocenters. The summed E-state index contributed by atoms with van der Waals surface area (Å²) in [6.07, 6.45) is 0. The lowest BCUT2D eigenvalue weighted by molar-refractivity contribution is 1.07. The van der Waals surface area contributed by atoms with Crippen LogP contribution in [0.3, 0.4) is 0 Å². The number of nitrogens with one attached hydrogen (secondary N) is 1. The van der Waals surface area contributed by atoms with Crippen molar-refractivity contribution in [1.82, 2.24) is 0 Å². The van der Waals surface area contributed by atoms with E-state index in [9.17, 15) is 0 Å². The molecular weight excluding hydrogens is 359 g/mol. The highest BCUT2D eigenvalue weighted by atomic mass is 35.5. The van der Waals surface area contributed by atoms with E-state index in [0.29, 0.717) is 20.8 Å². The minimum atomic E-state index is 0.579. The number of thiocarbonyl (C=S) groups is 1.